The average molecular weight is 340 g/mol. The van der Waals surface area contributed by atoms with Crippen LogP contribution >= 0.6 is 0 Å². The molecule has 0 aliphatic rings. The molecule has 0 bridgehead atoms. The monoisotopic (exact) mass is 340 g/mol. The Kier molecular flexibility index (Phi) is 5.28. The number of ether oxygens (including phenoxy) is 2. The van der Waals surface area contributed by atoms with Crippen LogP contribution in [0.5, 0.6) is 0 Å². The van der Waals surface area contributed by atoms with Crippen molar-refractivity contribution in [3.05, 3.63) is 41.6 Å². The lowest BCUT2D eigenvalue weighted by atomic mass is 10.1. The van der Waals surface area contributed by atoms with Crippen LogP contribution < -0.4 is 0 Å². The fourth-order valence-electron chi connectivity index (χ4n) is 2.28. The van der Waals surface area contributed by atoms with Crippen LogP contribution in [0.1, 0.15) is 33.3 Å². The van der Waals surface area contributed by atoms with Crippen molar-refractivity contribution in [2.75, 3.05) is 6.61 Å². The number of hydrogen-bond donors (Lipinski definition) is 0. The zero-order chi connectivity index (χ0) is 18.6. The Morgan fingerprint density at radius 3 is 2.56 bits per heavy atom. The molecule has 0 aliphatic carbocycles. The van der Waals surface area contributed by atoms with Crippen molar-refractivity contribution in [1.82, 2.24) is 4.57 Å². The fourth-order valence-corrected chi connectivity index (χ4v) is 2.28. The van der Waals surface area contributed by atoms with Crippen LogP contribution in [0.3, 0.4) is 0 Å². The van der Waals surface area contributed by atoms with Gasteiger partial charge in [-0.2, -0.15) is 5.26 Å². The Morgan fingerprint density at radius 1 is 1.28 bits per heavy atom. The lowest BCUT2D eigenvalue weighted by Gasteiger charge is -2.19. The van der Waals surface area contributed by atoms with Gasteiger partial charge in [-0.1, -0.05) is 18.2 Å². The van der Waals surface area contributed by atoms with Gasteiger partial charge in [-0.3, -0.25) is 4.57 Å². The number of carbonyl (C=O) groups is 2. The highest BCUT2D eigenvalue weighted by molar-refractivity contribution is 6.02. The summed E-state index contributed by atoms with van der Waals surface area (Å²) in [5, 5.41) is 9.93. The van der Waals surface area contributed by atoms with Crippen molar-refractivity contribution in [1.29, 1.82) is 5.26 Å². The van der Waals surface area contributed by atoms with Crippen LogP contribution in [0.15, 0.2) is 36.0 Å². The van der Waals surface area contributed by atoms with Gasteiger partial charge >= 0.3 is 12.1 Å². The largest absolute Gasteiger partial charge is 0.462 e. The summed E-state index contributed by atoms with van der Waals surface area (Å²) in [5.74, 6) is -0.695. The SMILES string of the molecule is CCOC(=O)C(C#N)=Cc1cn(C(=O)OC(C)(C)C)c2ccccc12. The van der Waals surface area contributed by atoms with Crippen LogP contribution in [0, 0.1) is 11.3 Å². The molecule has 25 heavy (non-hydrogen) atoms. The second kappa shape index (κ2) is 7.22. The van der Waals surface area contributed by atoms with Crippen LogP contribution in [0.4, 0.5) is 4.79 Å². The van der Waals surface area contributed by atoms with Gasteiger partial charge in [0.1, 0.15) is 17.2 Å². The molecule has 1 aromatic heterocycles. The first kappa shape index (κ1) is 18.3. The molecule has 0 amide bonds. The smallest absolute Gasteiger partial charge is 0.419 e. The molecule has 0 unspecified atom stereocenters. The van der Waals surface area contributed by atoms with Crippen LogP contribution in [-0.4, -0.2) is 28.8 Å². The van der Waals surface area contributed by atoms with E-state index in [4.69, 9.17) is 9.47 Å². The third-order valence-electron chi connectivity index (χ3n) is 3.25. The van der Waals surface area contributed by atoms with Gasteiger partial charge in [0.15, 0.2) is 0 Å². The number of nitriles is 1. The van der Waals surface area contributed by atoms with E-state index in [1.54, 1.807) is 46.0 Å². The van der Waals surface area contributed by atoms with E-state index in [9.17, 15) is 14.9 Å². The Bertz CT molecular complexity index is 879. The van der Waals surface area contributed by atoms with E-state index in [2.05, 4.69) is 0 Å². The maximum atomic E-state index is 12.4. The number of fused-ring (bicyclic) bond motifs is 1. The normalized spacial score (nSPS) is 11.9. The van der Waals surface area contributed by atoms with Gasteiger partial charge in [0.05, 0.1) is 12.1 Å². The maximum Gasteiger partial charge on any atom is 0.419 e. The number of para-hydroxylation sites is 1. The molecule has 0 N–H and O–H groups in total. The van der Waals surface area contributed by atoms with Crippen molar-refractivity contribution >= 4 is 29.0 Å². The van der Waals surface area contributed by atoms with E-state index in [1.807, 2.05) is 18.2 Å². The number of nitrogens with zero attached hydrogens (tertiary/aromatic N) is 2. The molecule has 0 spiro atoms. The standard InChI is InChI=1S/C19H20N2O4/c1-5-24-17(22)13(11-20)10-14-12-21(18(23)25-19(2,3)4)16-9-7-6-8-15(14)16/h6-10,12H,5H2,1-4H3. The van der Waals surface area contributed by atoms with Gasteiger partial charge in [-0.15, -0.1) is 0 Å². The molecule has 2 rings (SSSR count). The van der Waals surface area contributed by atoms with Gasteiger partial charge in [0.25, 0.3) is 0 Å². The molecule has 130 valence electrons. The number of rotatable bonds is 3. The van der Waals surface area contributed by atoms with E-state index in [0.717, 1.165) is 5.39 Å². The number of esters is 1. The van der Waals surface area contributed by atoms with Gasteiger partial charge in [0, 0.05) is 17.1 Å². The van der Waals surface area contributed by atoms with E-state index < -0.39 is 17.7 Å². The molecule has 0 fully saturated rings. The van der Waals surface area contributed by atoms with Crippen LogP contribution in [-0.2, 0) is 14.3 Å². The summed E-state index contributed by atoms with van der Waals surface area (Å²) >= 11 is 0. The molecule has 1 heterocycles. The van der Waals surface area contributed by atoms with Crippen LogP contribution in [0.2, 0.25) is 0 Å². The topological polar surface area (TPSA) is 81.3 Å². The van der Waals surface area contributed by atoms with E-state index in [1.165, 1.54) is 10.6 Å². The molecule has 0 radical (unpaired) electrons. The molecule has 1 aromatic carbocycles. The highest BCUT2D eigenvalue weighted by Crippen LogP contribution is 2.25. The highest BCUT2D eigenvalue weighted by Gasteiger charge is 2.21. The fraction of sp³-hybridized carbons (Fsp3) is 0.316. The second-order valence-electron chi connectivity index (χ2n) is 6.34. The third kappa shape index (κ3) is 4.27. The quantitative estimate of drug-likeness (QED) is 0.481. The summed E-state index contributed by atoms with van der Waals surface area (Å²) in [5.41, 5.74) is 0.422. The first-order chi connectivity index (χ1) is 11.8. The summed E-state index contributed by atoms with van der Waals surface area (Å²) in [6.07, 6.45) is 2.44. The average Bonchev–Trinajstić information content (AvgIpc) is 2.90. The summed E-state index contributed by atoms with van der Waals surface area (Å²) < 4.78 is 11.6. The Labute approximate surface area is 146 Å². The molecule has 2 aromatic rings. The van der Waals surface area contributed by atoms with Crippen LogP contribution in [0.25, 0.3) is 17.0 Å². The third-order valence-corrected chi connectivity index (χ3v) is 3.25. The highest BCUT2D eigenvalue weighted by atomic mass is 16.6. The molecule has 0 aliphatic heterocycles. The lowest BCUT2D eigenvalue weighted by molar-refractivity contribution is -0.137. The number of carbonyl (C=O) groups excluding carboxylic acids is 2. The van der Waals surface area contributed by atoms with Gasteiger partial charge in [-0.05, 0) is 39.8 Å². The molecule has 0 saturated heterocycles. The summed E-state index contributed by atoms with van der Waals surface area (Å²) in [6, 6.07) is 9.03. The van der Waals surface area contributed by atoms with Gasteiger partial charge in [0.2, 0.25) is 0 Å². The molecule has 0 atom stereocenters. The Hall–Kier alpha value is -3.07. The Morgan fingerprint density at radius 2 is 1.96 bits per heavy atom. The zero-order valence-electron chi connectivity index (χ0n) is 14.7. The van der Waals surface area contributed by atoms with Crippen molar-refractivity contribution in [3.8, 4) is 6.07 Å². The predicted octanol–water partition coefficient (Wildman–Crippen LogP) is 3.89. The van der Waals surface area contributed by atoms with E-state index in [0.29, 0.717) is 11.1 Å². The van der Waals surface area contributed by atoms with Crippen molar-refractivity contribution in [2.24, 2.45) is 0 Å². The number of aromatic nitrogens is 1. The Balaban J connectivity index is 2.54. The summed E-state index contributed by atoms with van der Waals surface area (Å²) in [4.78, 5) is 24.3. The first-order valence-electron chi connectivity index (χ1n) is 7.89. The van der Waals surface area contributed by atoms with Crippen molar-refractivity contribution in [3.63, 3.8) is 0 Å². The number of hydrogen-bond acceptors (Lipinski definition) is 5. The molecule has 6 nitrogen and oxygen atoms in total. The first-order valence-corrected chi connectivity index (χ1v) is 7.89. The summed E-state index contributed by atoms with van der Waals surface area (Å²) in [6.45, 7) is 7.20. The van der Waals surface area contributed by atoms with Crippen molar-refractivity contribution < 1.29 is 19.1 Å². The molecular weight excluding hydrogens is 320 g/mol. The molecular formula is C19H20N2O4. The minimum Gasteiger partial charge on any atom is -0.462 e. The lowest BCUT2D eigenvalue weighted by Crippen LogP contribution is -2.26. The second-order valence-corrected chi connectivity index (χ2v) is 6.34. The zero-order valence-corrected chi connectivity index (χ0v) is 14.7. The summed E-state index contributed by atoms with van der Waals surface area (Å²) in [7, 11) is 0. The van der Waals surface area contributed by atoms with Gasteiger partial charge < -0.3 is 9.47 Å². The number of benzene rings is 1. The van der Waals surface area contributed by atoms with E-state index >= 15 is 0 Å². The van der Waals surface area contributed by atoms with E-state index in [-0.39, 0.29) is 12.2 Å². The minimum absolute atomic E-state index is 0.131. The maximum absolute atomic E-state index is 12.4. The van der Waals surface area contributed by atoms with Crippen molar-refractivity contribution in [2.45, 2.75) is 33.3 Å². The predicted molar refractivity (Wildman–Crippen MR) is 93.8 cm³/mol. The van der Waals surface area contributed by atoms with Gasteiger partial charge in [-0.25, -0.2) is 9.59 Å². The minimum atomic E-state index is -0.695. The molecule has 6 heteroatoms. The molecule has 0 saturated carbocycles.